The monoisotopic (exact) mass is 497 g/mol. The molecule has 0 aliphatic carbocycles. The molecule has 0 amide bonds. The van der Waals surface area contributed by atoms with Crippen LogP contribution in [0.1, 0.15) is 29.5 Å². The first-order valence-electron chi connectivity index (χ1n) is 12.9. The number of hydrogen-bond acceptors (Lipinski definition) is 8. The van der Waals surface area contributed by atoms with Gasteiger partial charge in [-0.2, -0.15) is 0 Å². The van der Waals surface area contributed by atoms with Crippen molar-refractivity contribution in [3.63, 3.8) is 0 Å². The second-order valence-corrected chi connectivity index (χ2v) is 9.82. The molecule has 9 nitrogen and oxygen atoms in total. The maximum absolute atomic E-state index is 8.74. The van der Waals surface area contributed by atoms with Gasteiger partial charge in [0.25, 0.3) is 0 Å². The summed E-state index contributed by atoms with van der Waals surface area (Å²) in [6.07, 6.45) is 9.82. The Morgan fingerprint density at radius 3 is 2.30 bits per heavy atom. The van der Waals surface area contributed by atoms with Crippen LogP contribution in [-0.4, -0.2) is 70.6 Å². The molecule has 2 aliphatic rings. The van der Waals surface area contributed by atoms with Crippen molar-refractivity contribution in [2.75, 3.05) is 45.0 Å². The van der Waals surface area contributed by atoms with Gasteiger partial charge in [-0.1, -0.05) is 6.07 Å². The van der Waals surface area contributed by atoms with Crippen molar-refractivity contribution in [3.05, 3.63) is 71.8 Å². The number of nitrogen functional groups attached to an aromatic ring is 1. The molecule has 0 spiro atoms. The zero-order valence-electron chi connectivity index (χ0n) is 21.2. The van der Waals surface area contributed by atoms with Gasteiger partial charge in [0.2, 0.25) is 0 Å². The highest BCUT2D eigenvalue weighted by molar-refractivity contribution is 6.47. The number of nitrogens with two attached hydrogens (primary N) is 2. The summed E-state index contributed by atoms with van der Waals surface area (Å²) in [6.45, 7) is 8.00. The molecule has 0 unspecified atom stereocenters. The number of piperazine rings is 1. The quantitative estimate of drug-likeness (QED) is 0.214. The molecule has 5 rings (SSSR count). The molecule has 0 saturated carbocycles. The lowest BCUT2D eigenvalue weighted by atomic mass is 9.99. The summed E-state index contributed by atoms with van der Waals surface area (Å²) < 4.78 is 0. The van der Waals surface area contributed by atoms with Crippen molar-refractivity contribution in [3.8, 4) is 11.1 Å². The van der Waals surface area contributed by atoms with Crippen molar-refractivity contribution in [2.45, 2.75) is 25.9 Å². The van der Waals surface area contributed by atoms with Gasteiger partial charge in [-0.25, -0.2) is 4.99 Å². The minimum atomic E-state index is 0.0908. The van der Waals surface area contributed by atoms with Crippen LogP contribution >= 0.6 is 0 Å². The number of aromatic nitrogens is 2. The number of rotatable bonds is 8. The molecule has 2 saturated heterocycles. The summed E-state index contributed by atoms with van der Waals surface area (Å²) >= 11 is 0. The van der Waals surface area contributed by atoms with Crippen molar-refractivity contribution in [2.24, 2.45) is 10.7 Å². The number of aliphatic imine (C=N–C) groups is 1. The molecule has 2 fully saturated rings. The molecule has 0 radical (unpaired) electrons. The SMILES string of the molecule is N=C(C(N)=Nc1cncc(CN2CCNCC2)c1)c1cc(-c2cncc(CN3CCCC3)c2)ccc1N. The van der Waals surface area contributed by atoms with Gasteiger partial charge in [0.05, 0.1) is 11.9 Å². The Kier molecular flexibility index (Phi) is 7.84. The van der Waals surface area contributed by atoms with Gasteiger partial charge in [0, 0.05) is 74.7 Å². The first-order chi connectivity index (χ1) is 18.0. The summed E-state index contributed by atoms with van der Waals surface area (Å²) in [5.74, 6) is 0.103. The second-order valence-electron chi connectivity index (χ2n) is 9.82. The molecular formula is C28H35N9. The van der Waals surface area contributed by atoms with Gasteiger partial charge in [0.15, 0.2) is 0 Å². The van der Waals surface area contributed by atoms with Gasteiger partial charge in [-0.05, 0) is 66.9 Å². The lowest BCUT2D eigenvalue weighted by Gasteiger charge is -2.27. The van der Waals surface area contributed by atoms with Crippen LogP contribution in [0, 0.1) is 5.41 Å². The summed E-state index contributed by atoms with van der Waals surface area (Å²) in [7, 11) is 0. The van der Waals surface area contributed by atoms with E-state index in [9.17, 15) is 0 Å². The molecular weight excluding hydrogens is 462 g/mol. The molecule has 3 aromatic rings. The summed E-state index contributed by atoms with van der Waals surface area (Å²) in [6, 6.07) is 9.81. The fourth-order valence-corrected chi connectivity index (χ4v) is 4.97. The van der Waals surface area contributed by atoms with E-state index in [1.165, 1.54) is 18.4 Å². The number of amidine groups is 1. The van der Waals surface area contributed by atoms with Gasteiger partial charge in [-0.3, -0.25) is 25.2 Å². The third-order valence-electron chi connectivity index (χ3n) is 6.96. The molecule has 0 bridgehead atoms. The standard InChI is InChI=1S/C28H35N9/c29-26-4-3-22(23-11-20(14-33-16-23)18-36-7-1-2-8-36)13-25(26)27(30)28(31)35-24-12-21(15-34-17-24)19-37-9-5-32-6-10-37/h3-4,11-17,30,32H,1-2,5-10,18-19,29H2,(H2,31,35). The van der Waals surface area contributed by atoms with Crippen LogP contribution in [0.5, 0.6) is 0 Å². The molecule has 192 valence electrons. The Balaban J connectivity index is 1.33. The van der Waals surface area contributed by atoms with E-state index in [1.54, 1.807) is 6.20 Å². The fourth-order valence-electron chi connectivity index (χ4n) is 4.97. The van der Waals surface area contributed by atoms with Crippen LogP contribution in [0.3, 0.4) is 0 Å². The van der Waals surface area contributed by atoms with Gasteiger partial charge in [0.1, 0.15) is 11.5 Å². The average molecular weight is 498 g/mol. The minimum absolute atomic E-state index is 0.0908. The molecule has 2 aromatic heterocycles. The molecule has 4 heterocycles. The van der Waals surface area contributed by atoms with E-state index < -0.39 is 0 Å². The zero-order chi connectivity index (χ0) is 25.6. The topological polar surface area (TPSA) is 133 Å². The lowest BCUT2D eigenvalue weighted by molar-refractivity contribution is 0.233. The van der Waals surface area contributed by atoms with Gasteiger partial charge in [-0.15, -0.1) is 0 Å². The number of nitrogens with zero attached hydrogens (tertiary/aromatic N) is 5. The van der Waals surface area contributed by atoms with E-state index in [4.69, 9.17) is 16.9 Å². The molecule has 2 aliphatic heterocycles. The van der Waals surface area contributed by atoms with Crippen molar-refractivity contribution in [1.82, 2.24) is 25.1 Å². The van der Waals surface area contributed by atoms with Gasteiger partial charge < -0.3 is 16.8 Å². The Bertz CT molecular complexity index is 1270. The van der Waals surface area contributed by atoms with Crippen LogP contribution in [-0.2, 0) is 13.1 Å². The molecule has 1 aromatic carbocycles. The van der Waals surface area contributed by atoms with Crippen molar-refractivity contribution < 1.29 is 0 Å². The maximum atomic E-state index is 8.74. The Hall–Kier alpha value is -3.66. The Morgan fingerprint density at radius 2 is 1.54 bits per heavy atom. The Morgan fingerprint density at radius 1 is 0.865 bits per heavy atom. The van der Waals surface area contributed by atoms with Crippen LogP contribution < -0.4 is 16.8 Å². The van der Waals surface area contributed by atoms with E-state index in [0.29, 0.717) is 16.9 Å². The van der Waals surface area contributed by atoms with Crippen LogP contribution in [0.15, 0.2) is 60.1 Å². The largest absolute Gasteiger partial charge is 0.398 e. The minimum Gasteiger partial charge on any atom is -0.398 e. The Labute approximate surface area is 218 Å². The summed E-state index contributed by atoms with van der Waals surface area (Å²) in [4.78, 5) is 18.2. The summed E-state index contributed by atoms with van der Waals surface area (Å²) in [5, 5.41) is 12.1. The van der Waals surface area contributed by atoms with Crippen molar-refractivity contribution >= 4 is 22.9 Å². The first kappa shape index (κ1) is 25.0. The van der Waals surface area contributed by atoms with Crippen molar-refractivity contribution in [1.29, 1.82) is 5.41 Å². The van der Waals surface area contributed by atoms with E-state index >= 15 is 0 Å². The number of pyridine rings is 2. The average Bonchev–Trinajstić information content (AvgIpc) is 3.42. The van der Waals surface area contributed by atoms with Crippen LogP contribution in [0.25, 0.3) is 11.1 Å². The number of likely N-dealkylation sites (tertiary alicyclic amines) is 1. The predicted molar refractivity (Wildman–Crippen MR) is 149 cm³/mol. The lowest BCUT2D eigenvalue weighted by Crippen LogP contribution is -2.42. The van der Waals surface area contributed by atoms with Crippen LogP contribution in [0.2, 0.25) is 0 Å². The van der Waals surface area contributed by atoms with E-state index in [1.807, 2.05) is 42.9 Å². The fraction of sp³-hybridized carbons (Fsp3) is 0.357. The van der Waals surface area contributed by atoms with Gasteiger partial charge >= 0.3 is 0 Å². The smallest absolute Gasteiger partial charge is 0.150 e. The zero-order valence-corrected chi connectivity index (χ0v) is 21.2. The second kappa shape index (κ2) is 11.6. The highest BCUT2D eigenvalue weighted by Gasteiger charge is 2.15. The molecule has 9 heteroatoms. The highest BCUT2D eigenvalue weighted by atomic mass is 15.2. The first-order valence-corrected chi connectivity index (χ1v) is 12.9. The number of benzene rings is 1. The number of anilines is 1. The van der Waals surface area contributed by atoms with Crippen LogP contribution in [0.4, 0.5) is 11.4 Å². The third-order valence-corrected chi connectivity index (χ3v) is 6.96. The summed E-state index contributed by atoms with van der Waals surface area (Å²) in [5.41, 5.74) is 18.5. The molecule has 37 heavy (non-hydrogen) atoms. The normalized spacial score (nSPS) is 17.2. The highest BCUT2D eigenvalue weighted by Crippen LogP contribution is 2.26. The maximum Gasteiger partial charge on any atom is 0.150 e. The number of hydrogen-bond donors (Lipinski definition) is 4. The van der Waals surface area contributed by atoms with E-state index in [-0.39, 0.29) is 11.5 Å². The molecule has 6 N–H and O–H groups in total. The van der Waals surface area contributed by atoms with E-state index in [0.717, 1.165) is 69.0 Å². The molecule has 0 atom stereocenters. The third kappa shape index (κ3) is 6.37. The predicted octanol–water partition coefficient (Wildman–Crippen LogP) is 2.78. The van der Waals surface area contributed by atoms with E-state index in [2.05, 4.69) is 36.1 Å². The number of nitrogens with one attached hydrogen (secondary N) is 2.